The smallest absolute Gasteiger partial charge is 0.359 e. The van der Waals surface area contributed by atoms with Gasteiger partial charge < -0.3 is 10.1 Å². The van der Waals surface area contributed by atoms with E-state index in [1.807, 2.05) is 0 Å². The molecule has 2 aromatic heterocycles. The van der Waals surface area contributed by atoms with Crippen molar-refractivity contribution in [3.05, 3.63) is 56.3 Å². The van der Waals surface area contributed by atoms with Crippen molar-refractivity contribution in [1.82, 2.24) is 9.78 Å². The number of thiophene rings is 1. The minimum atomic E-state index is -0.792. The van der Waals surface area contributed by atoms with Crippen LogP contribution >= 0.6 is 11.3 Å². The zero-order valence-corrected chi connectivity index (χ0v) is 17.8. The van der Waals surface area contributed by atoms with E-state index in [4.69, 9.17) is 4.74 Å². The molecule has 0 spiro atoms. The number of anilines is 1. The largest absolute Gasteiger partial charge is 0.451 e. The molecule has 158 valence electrons. The van der Waals surface area contributed by atoms with Gasteiger partial charge in [0, 0.05) is 16.8 Å². The molecule has 1 aliphatic rings. The molecule has 0 saturated carbocycles. The Bertz CT molecular complexity index is 1290. The van der Waals surface area contributed by atoms with Crippen LogP contribution in [0, 0.1) is 11.3 Å². The SMILES string of the molecule is CCn1nc(C(=O)OCC(=O)Nc2sc3c(c2C#N)CCCC3)c2ccccc2c1=O. The number of nitriles is 1. The van der Waals surface area contributed by atoms with Crippen LogP contribution in [0.5, 0.6) is 0 Å². The standard InChI is InChI=1S/C22H20N4O4S/c1-2-26-21(28)15-9-4-3-8-14(15)19(25-26)22(29)30-12-18(27)24-20-16(11-23)13-7-5-6-10-17(13)31-20/h3-4,8-9H,2,5-7,10,12H2,1H3,(H,24,27). The van der Waals surface area contributed by atoms with Crippen LogP contribution in [0.15, 0.2) is 29.1 Å². The highest BCUT2D eigenvalue weighted by Crippen LogP contribution is 2.37. The van der Waals surface area contributed by atoms with Gasteiger partial charge in [-0.25, -0.2) is 9.48 Å². The molecule has 0 radical (unpaired) electrons. The molecule has 0 bridgehead atoms. The molecule has 0 fully saturated rings. The number of ether oxygens (including phenoxy) is 1. The molecule has 1 N–H and O–H groups in total. The number of hydrogen-bond donors (Lipinski definition) is 1. The Balaban J connectivity index is 1.51. The van der Waals surface area contributed by atoms with E-state index in [1.165, 1.54) is 16.0 Å². The monoisotopic (exact) mass is 436 g/mol. The van der Waals surface area contributed by atoms with Gasteiger partial charge in [0.05, 0.1) is 10.9 Å². The van der Waals surface area contributed by atoms with Crippen LogP contribution in [0.4, 0.5) is 5.00 Å². The summed E-state index contributed by atoms with van der Waals surface area (Å²) < 4.78 is 6.37. The van der Waals surface area contributed by atoms with Crippen LogP contribution in [-0.2, 0) is 28.9 Å². The fraction of sp³-hybridized carbons (Fsp3) is 0.318. The predicted octanol–water partition coefficient (Wildman–Crippen LogP) is 3.02. The fourth-order valence-electron chi connectivity index (χ4n) is 3.73. The summed E-state index contributed by atoms with van der Waals surface area (Å²) in [6.07, 6.45) is 3.85. The summed E-state index contributed by atoms with van der Waals surface area (Å²) in [6.45, 7) is 1.52. The summed E-state index contributed by atoms with van der Waals surface area (Å²) in [6, 6.07) is 8.83. The van der Waals surface area contributed by atoms with Gasteiger partial charge in [0.1, 0.15) is 11.1 Å². The first kappa shape index (κ1) is 20.8. The number of aromatic nitrogens is 2. The van der Waals surface area contributed by atoms with Crippen LogP contribution in [0.1, 0.15) is 46.3 Å². The molecule has 9 heteroatoms. The molecule has 0 saturated heterocycles. The van der Waals surface area contributed by atoms with Crippen molar-refractivity contribution in [2.75, 3.05) is 11.9 Å². The number of nitrogens with zero attached hydrogens (tertiary/aromatic N) is 3. The molecule has 1 amide bonds. The van der Waals surface area contributed by atoms with Crippen molar-refractivity contribution in [1.29, 1.82) is 5.26 Å². The van der Waals surface area contributed by atoms with Gasteiger partial charge in [-0.1, -0.05) is 18.2 Å². The highest BCUT2D eigenvalue weighted by atomic mass is 32.1. The van der Waals surface area contributed by atoms with Crippen LogP contribution in [0.2, 0.25) is 0 Å². The summed E-state index contributed by atoms with van der Waals surface area (Å²) in [5.41, 5.74) is 1.21. The number of carbonyl (C=O) groups is 2. The lowest BCUT2D eigenvalue weighted by Gasteiger charge is -2.10. The third-order valence-electron chi connectivity index (χ3n) is 5.23. The highest BCUT2D eigenvalue weighted by molar-refractivity contribution is 7.16. The van der Waals surface area contributed by atoms with E-state index in [0.29, 0.717) is 27.9 Å². The molecule has 2 heterocycles. The number of benzene rings is 1. The van der Waals surface area contributed by atoms with Gasteiger partial charge in [-0.3, -0.25) is 9.59 Å². The van der Waals surface area contributed by atoms with Gasteiger partial charge in [0.15, 0.2) is 12.3 Å². The minimum absolute atomic E-state index is 0.0193. The highest BCUT2D eigenvalue weighted by Gasteiger charge is 2.23. The summed E-state index contributed by atoms with van der Waals surface area (Å²) in [4.78, 5) is 38.6. The maximum atomic E-state index is 12.6. The molecule has 0 atom stereocenters. The Morgan fingerprint density at radius 3 is 2.74 bits per heavy atom. The van der Waals surface area contributed by atoms with E-state index >= 15 is 0 Å². The van der Waals surface area contributed by atoms with Crippen molar-refractivity contribution < 1.29 is 14.3 Å². The molecule has 0 unspecified atom stereocenters. The maximum Gasteiger partial charge on any atom is 0.359 e. The van der Waals surface area contributed by atoms with Gasteiger partial charge in [-0.15, -0.1) is 11.3 Å². The van der Waals surface area contributed by atoms with Crippen LogP contribution in [-0.4, -0.2) is 28.3 Å². The second-order valence-electron chi connectivity index (χ2n) is 7.17. The predicted molar refractivity (Wildman–Crippen MR) is 116 cm³/mol. The molecule has 8 nitrogen and oxygen atoms in total. The molecular weight excluding hydrogens is 416 g/mol. The lowest BCUT2D eigenvalue weighted by Crippen LogP contribution is -2.27. The first-order valence-corrected chi connectivity index (χ1v) is 10.9. The first-order chi connectivity index (χ1) is 15.0. The van der Waals surface area contributed by atoms with Gasteiger partial charge in [-0.05, 0) is 44.2 Å². The lowest BCUT2D eigenvalue weighted by atomic mass is 9.96. The van der Waals surface area contributed by atoms with E-state index in [9.17, 15) is 19.6 Å². The normalized spacial score (nSPS) is 12.8. The average Bonchev–Trinajstić information content (AvgIpc) is 3.14. The molecular formula is C22H20N4O4S. The number of nitrogens with one attached hydrogen (secondary N) is 1. The third kappa shape index (κ3) is 3.94. The molecule has 1 aliphatic carbocycles. The maximum absolute atomic E-state index is 12.6. The van der Waals surface area contributed by atoms with Gasteiger partial charge in [-0.2, -0.15) is 10.4 Å². The summed E-state index contributed by atoms with van der Waals surface area (Å²) in [7, 11) is 0. The summed E-state index contributed by atoms with van der Waals surface area (Å²) in [5.74, 6) is -1.32. The number of esters is 1. The zero-order valence-electron chi connectivity index (χ0n) is 16.9. The Kier molecular flexibility index (Phi) is 5.82. The Hall–Kier alpha value is -3.51. The third-order valence-corrected chi connectivity index (χ3v) is 6.44. The van der Waals surface area contributed by atoms with E-state index in [1.54, 1.807) is 31.2 Å². The number of aryl methyl sites for hydroxylation is 2. The van der Waals surface area contributed by atoms with Gasteiger partial charge in [0.2, 0.25) is 0 Å². The van der Waals surface area contributed by atoms with E-state index < -0.39 is 18.5 Å². The van der Waals surface area contributed by atoms with E-state index in [0.717, 1.165) is 36.1 Å². The van der Waals surface area contributed by atoms with Crippen LogP contribution in [0.3, 0.4) is 0 Å². The molecule has 1 aromatic carbocycles. The number of hydrogen-bond acceptors (Lipinski definition) is 7. The van der Waals surface area contributed by atoms with Crippen molar-refractivity contribution in [3.63, 3.8) is 0 Å². The fourth-order valence-corrected chi connectivity index (χ4v) is 4.99. The van der Waals surface area contributed by atoms with Crippen molar-refractivity contribution >= 4 is 39.0 Å². The lowest BCUT2D eigenvalue weighted by molar-refractivity contribution is -0.119. The first-order valence-electron chi connectivity index (χ1n) is 10.0. The Morgan fingerprint density at radius 2 is 2.00 bits per heavy atom. The molecule has 3 aromatic rings. The number of carbonyl (C=O) groups excluding carboxylic acids is 2. The molecule has 31 heavy (non-hydrogen) atoms. The molecule has 0 aliphatic heterocycles. The second kappa shape index (κ2) is 8.70. The van der Waals surface area contributed by atoms with Crippen LogP contribution < -0.4 is 10.9 Å². The van der Waals surface area contributed by atoms with E-state index in [2.05, 4.69) is 16.5 Å². The van der Waals surface area contributed by atoms with Gasteiger partial charge in [0.25, 0.3) is 11.5 Å². The molecule has 4 rings (SSSR count). The van der Waals surface area contributed by atoms with Crippen LogP contribution in [0.25, 0.3) is 10.8 Å². The minimum Gasteiger partial charge on any atom is -0.451 e. The number of fused-ring (bicyclic) bond motifs is 2. The van der Waals surface area contributed by atoms with E-state index in [-0.39, 0.29) is 11.3 Å². The Morgan fingerprint density at radius 1 is 1.26 bits per heavy atom. The summed E-state index contributed by atoms with van der Waals surface area (Å²) >= 11 is 1.41. The van der Waals surface area contributed by atoms with Gasteiger partial charge >= 0.3 is 5.97 Å². The zero-order chi connectivity index (χ0) is 22.0. The average molecular weight is 436 g/mol. The number of rotatable bonds is 5. The quantitative estimate of drug-likeness (QED) is 0.615. The second-order valence-corrected chi connectivity index (χ2v) is 8.27. The summed E-state index contributed by atoms with van der Waals surface area (Å²) in [5, 5.41) is 17.5. The topological polar surface area (TPSA) is 114 Å². The van der Waals surface area contributed by atoms with Crippen molar-refractivity contribution in [2.45, 2.75) is 39.2 Å². The Labute approximate surface area is 182 Å². The number of amides is 1. The van der Waals surface area contributed by atoms with Crippen molar-refractivity contribution in [2.24, 2.45) is 0 Å². The van der Waals surface area contributed by atoms with Crippen molar-refractivity contribution in [3.8, 4) is 6.07 Å².